The lowest BCUT2D eigenvalue weighted by Crippen LogP contribution is -2.26. The molecular formula is C20H28N2O2S. The Hall–Kier alpha value is -1.85. The molecule has 0 aliphatic heterocycles. The van der Waals surface area contributed by atoms with Crippen molar-refractivity contribution >= 4 is 15.7 Å². The van der Waals surface area contributed by atoms with E-state index in [1.165, 1.54) is 5.56 Å². The molecule has 0 saturated heterocycles. The van der Waals surface area contributed by atoms with Crippen molar-refractivity contribution in [2.75, 3.05) is 25.5 Å². The quantitative estimate of drug-likeness (QED) is 0.734. The molecule has 0 bridgehead atoms. The van der Waals surface area contributed by atoms with Crippen molar-refractivity contribution in [2.24, 2.45) is 0 Å². The highest BCUT2D eigenvalue weighted by Crippen LogP contribution is 2.15. The van der Waals surface area contributed by atoms with Crippen LogP contribution in [0.4, 0.5) is 5.69 Å². The highest BCUT2D eigenvalue weighted by molar-refractivity contribution is 7.88. The van der Waals surface area contributed by atoms with Gasteiger partial charge in [-0.3, -0.25) is 0 Å². The molecule has 2 aromatic rings. The second-order valence-electron chi connectivity index (χ2n) is 6.75. The molecule has 25 heavy (non-hydrogen) atoms. The molecule has 5 heteroatoms. The maximum absolute atomic E-state index is 12.3. The zero-order valence-electron chi connectivity index (χ0n) is 15.5. The van der Waals surface area contributed by atoms with E-state index in [-0.39, 0.29) is 5.75 Å². The topological polar surface area (TPSA) is 49.4 Å². The molecule has 136 valence electrons. The minimum Gasteiger partial charge on any atom is -0.378 e. The number of nitrogens with one attached hydrogen (secondary N) is 1. The van der Waals surface area contributed by atoms with Gasteiger partial charge in [0.05, 0.1) is 5.75 Å². The first-order chi connectivity index (χ1) is 11.8. The van der Waals surface area contributed by atoms with E-state index >= 15 is 0 Å². The number of benzene rings is 2. The number of sulfonamides is 1. The van der Waals surface area contributed by atoms with E-state index < -0.39 is 10.0 Å². The van der Waals surface area contributed by atoms with Gasteiger partial charge in [-0.2, -0.15) is 0 Å². The number of anilines is 1. The van der Waals surface area contributed by atoms with Gasteiger partial charge in [0.1, 0.15) is 0 Å². The number of hydrogen-bond acceptors (Lipinski definition) is 3. The molecule has 0 saturated carbocycles. The van der Waals surface area contributed by atoms with E-state index in [1.807, 2.05) is 46.1 Å². The van der Waals surface area contributed by atoms with Crippen molar-refractivity contribution < 1.29 is 8.42 Å². The van der Waals surface area contributed by atoms with Crippen molar-refractivity contribution in [3.05, 3.63) is 64.7 Å². The lowest BCUT2D eigenvalue weighted by molar-refractivity contribution is 0.578. The predicted octanol–water partition coefficient (Wildman–Crippen LogP) is 3.42. The van der Waals surface area contributed by atoms with Gasteiger partial charge in [0.15, 0.2) is 0 Å². The van der Waals surface area contributed by atoms with E-state index in [1.54, 1.807) is 0 Å². The van der Waals surface area contributed by atoms with Crippen LogP contribution in [0.15, 0.2) is 42.5 Å². The van der Waals surface area contributed by atoms with Crippen molar-refractivity contribution in [3.8, 4) is 0 Å². The zero-order valence-corrected chi connectivity index (χ0v) is 16.4. The second kappa shape index (κ2) is 8.50. The molecule has 0 heterocycles. The van der Waals surface area contributed by atoms with Gasteiger partial charge in [0.25, 0.3) is 0 Å². The Morgan fingerprint density at radius 1 is 1.00 bits per heavy atom. The van der Waals surface area contributed by atoms with E-state index in [9.17, 15) is 8.42 Å². The molecule has 0 aliphatic carbocycles. The third-order valence-corrected chi connectivity index (χ3v) is 5.60. The maximum Gasteiger partial charge on any atom is 0.215 e. The third kappa shape index (κ3) is 6.18. The van der Waals surface area contributed by atoms with Crippen LogP contribution in [0, 0.1) is 13.8 Å². The summed E-state index contributed by atoms with van der Waals surface area (Å²) in [5.74, 6) is 0.0397. The Bertz CT molecular complexity index is 797. The molecule has 0 aliphatic rings. The minimum atomic E-state index is -3.30. The maximum atomic E-state index is 12.3. The van der Waals surface area contributed by atoms with Gasteiger partial charge in [-0.25, -0.2) is 13.1 Å². The van der Waals surface area contributed by atoms with Gasteiger partial charge < -0.3 is 4.90 Å². The van der Waals surface area contributed by atoms with Crippen LogP contribution < -0.4 is 9.62 Å². The van der Waals surface area contributed by atoms with Crippen LogP contribution in [-0.2, 0) is 22.2 Å². The van der Waals surface area contributed by atoms with Crippen LogP contribution in [0.5, 0.6) is 0 Å². The molecule has 2 rings (SSSR count). The average molecular weight is 361 g/mol. The highest BCUT2D eigenvalue weighted by Gasteiger charge is 2.12. The van der Waals surface area contributed by atoms with Gasteiger partial charge in [-0.05, 0) is 55.5 Å². The van der Waals surface area contributed by atoms with Crippen molar-refractivity contribution in [1.82, 2.24) is 4.72 Å². The van der Waals surface area contributed by atoms with Crippen LogP contribution in [0.25, 0.3) is 0 Å². The van der Waals surface area contributed by atoms with Crippen LogP contribution in [0.2, 0.25) is 0 Å². The molecule has 0 radical (unpaired) electrons. The van der Waals surface area contributed by atoms with Gasteiger partial charge >= 0.3 is 0 Å². The van der Waals surface area contributed by atoms with Gasteiger partial charge in [-0.15, -0.1) is 0 Å². The molecule has 1 N–H and O–H groups in total. The SMILES string of the molecule is Cc1ccc(C)c(CS(=O)(=O)NCCCc2ccc(N(C)C)cc2)c1. The normalized spacial score (nSPS) is 11.5. The van der Waals surface area contributed by atoms with Crippen molar-refractivity contribution in [2.45, 2.75) is 32.4 Å². The largest absolute Gasteiger partial charge is 0.378 e. The minimum absolute atomic E-state index is 0.0397. The van der Waals surface area contributed by atoms with Crippen molar-refractivity contribution in [1.29, 1.82) is 0 Å². The van der Waals surface area contributed by atoms with Crippen LogP contribution in [0.3, 0.4) is 0 Å². The van der Waals surface area contributed by atoms with Crippen LogP contribution in [-0.4, -0.2) is 29.1 Å². The number of nitrogens with zero attached hydrogens (tertiary/aromatic N) is 1. The molecule has 0 spiro atoms. The van der Waals surface area contributed by atoms with Crippen LogP contribution in [0.1, 0.15) is 28.7 Å². The molecule has 2 aromatic carbocycles. The Morgan fingerprint density at radius 3 is 2.32 bits per heavy atom. The zero-order chi connectivity index (χ0) is 18.4. The monoisotopic (exact) mass is 360 g/mol. The molecule has 0 fully saturated rings. The average Bonchev–Trinajstić information content (AvgIpc) is 2.55. The van der Waals surface area contributed by atoms with Gasteiger partial charge in [0.2, 0.25) is 10.0 Å². The van der Waals surface area contributed by atoms with E-state index in [4.69, 9.17) is 0 Å². The van der Waals surface area contributed by atoms with Gasteiger partial charge in [-0.1, -0.05) is 35.9 Å². The van der Waals surface area contributed by atoms with E-state index in [0.29, 0.717) is 6.54 Å². The number of rotatable bonds is 8. The van der Waals surface area contributed by atoms with Crippen LogP contribution >= 0.6 is 0 Å². The number of hydrogen-bond donors (Lipinski definition) is 1. The smallest absolute Gasteiger partial charge is 0.215 e. The Morgan fingerprint density at radius 2 is 1.68 bits per heavy atom. The molecule has 0 atom stereocenters. The fourth-order valence-electron chi connectivity index (χ4n) is 2.69. The first-order valence-electron chi connectivity index (χ1n) is 8.56. The summed E-state index contributed by atoms with van der Waals surface area (Å²) in [6, 6.07) is 14.3. The summed E-state index contributed by atoms with van der Waals surface area (Å²) < 4.78 is 27.3. The van der Waals surface area contributed by atoms with Crippen molar-refractivity contribution in [3.63, 3.8) is 0 Å². The predicted molar refractivity (Wildman–Crippen MR) is 106 cm³/mol. The van der Waals surface area contributed by atoms with Gasteiger partial charge in [0, 0.05) is 26.3 Å². The highest BCUT2D eigenvalue weighted by atomic mass is 32.2. The fraction of sp³-hybridized carbons (Fsp3) is 0.400. The Kier molecular flexibility index (Phi) is 6.62. The summed E-state index contributed by atoms with van der Waals surface area (Å²) in [7, 11) is 0.724. The summed E-state index contributed by atoms with van der Waals surface area (Å²) in [6.45, 7) is 4.38. The fourth-order valence-corrected chi connectivity index (χ4v) is 3.97. The summed E-state index contributed by atoms with van der Waals surface area (Å²) in [5, 5.41) is 0. The molecular weight excluding hydrogens is 332 g/mol. The standard InChI is InChI=1S/C20H28N2O2S/c1-16-7-8-17(2)19(14-16)15-25(23,24)21-13-5-6-18-9-11-20(12-10-18)22(3)4/h7-12,14,21H,5-6,13,15H2,1-4H3. The summed E-state index contributed by atoms with van der Waals surface area (Å²) in [6.07, 6.45) is 1.65. The molecule has 4 nitrogen and oxygen atoms in total. The first-order valence-corrected chi connectivity index (χ1v) is 10.2. The van der Waals surface area contributed by atoms with E-state index in [0.717, 1.165) is 35.2 Å². The summed E-state index contributed by atoms with van der Waals surface area (Å²) in [4.78, 5) is 2.06. The van der Waals surface area contributed by atoms with E-state index in [2.05, 4.69) is 33.9 Å². The third-order valence-electron chi connectivity index (χ3n) is 4.27. The number of aryl methyl sites for hydroxylation is 3. The lowest BCUT2D eigenvalue weighted by atomic mass is 10.1. The summed E-state index contributed by atoms with van der Waals surface area (Å²) in [5.41, 5.74) is 5.35. The Balaban J connectivity index is 1.83. The second-order valence-corrected chi connectivity index (χ2v) is 8.55. The first kappa shape index (κ1) is 19.5. The molecule has 0 aromatic heterocycles. The summed E-state index contributed by atoms with van der Waals surface area (Å²) >= 11 is 0. The molecule has 0 unspecified atom stereocenters. The lowest BCUT2D eigenvalue weighted by Gasteiger charge is -2.13. The Labute approximate surface area is 151 Å². The molecule has 0 amide bonds.